The van der Waals surface area contributed by atoms with Crippen LogP contribution in [-0.4, -0.2) is 42.4 Å². The molecule has 1 fully saturated rings. The molecule has 6 nitrogen and oxygen atoms in total. The van der Waals surface area contributed by atoms with Gasteiger partial charge in [0.25, 0.3) is 0 Å². The lowest BCUT2D eigenvalue weighted by molar-refractivity contribution is -0.128. The van der Waals surface area contributed by atoms with E-state index in [1.54, 1.807) is 12.1 Å². The molecule has 0 unspecified atom stereocenters. The molecular weight excluding hydrogens is 284 g/mol. The van der Waals surface area contributed by atoms with Gasteiger partial charge in [-0.3, -0.25) is 9.59 Å². The minimum Gasteiger partial charge on any atom is -0.460 e. The molecule has 22 heavy (non-hydrogen) atoms. The lowest BCUT2D eigenvalue weighted by Gasteiger charge is -2.15. The first-order valence-corrected chi connectivity index (χ1v) is 7.34. The van der Waals surface area contributed by atoms with Gasteiger partial charge in [0.15, 0.2) is 0 Å². The van der Waals surface area contributed by atoms with Crippen LogP contribution in [0.1, 0.15) is 35.7 Å². The monoisotopic (exact) mass is 304 g/mol. The highest BCUT2D eigenvalue weighted by molar-refractivity contribution is 5.89. The van der Waals surface area contributed by atoms with E-state index in [1.807, 2.05) is 17.0 Å². The van der Waals surface area contributed by atoms with Crippen molar-refractivity contribution in [3.63, 3.8) is 0 Å². The van der Waals surface area contributed by atoms with Crippen molar-refractivity contribution in [2.24, 2.45) is 0 Å². The second kappa shape index (κ2) is 7.59. The average Bonchev–Trinajstić information content (AvgIpc) is 2.89. The Balaban J connectivity index is 1.81. The van der Waals surface area contributed by atoms with E-state index in [9.17, 15) is 14.4 Å². The van der Waals surface area contributed by atoms with E-state index in [4.69, 9.17) is 4.74 Å². The number of nitrogens with zero attached hydrogens (tertiary/aromatic N) is 1. The molecule has 2 amide bonds. The molecule has 2 rings (SSSR count). The summed E-state index contributed by atoms with van der Waals surface area (Å²) in [6, 6.07) is 7.04. The largest absolute Gasteiger partial charge is 0.460 e. The summed E-state index contributed by atoms with van der Waals surface area (Å²) in [6.45, 7) is 3.23. The number of esters is 1. The Morgan fingerprint density at radius 2 is 2.00 bits per heavy atom. The molecule has 0 spiro atoms. The average molecular weight is 304 g/mol. The summed E-state index contributed by atoms with van der Waals surface area (Å²) >= 11 is 0. The smallest absolute Gasteiger partial charge is 0.338 e. The van der Waals surface area contributed by atoms with Crippen LogP contribution in [-0.2, 0) is 20.9 Å². The number of carbonyl (C=O) groups is 3. The van der Waals surface area contributed by atoms with E-state index in [0.29, 0.717) is 25.1 Å². The van der Waals surface area contributed by atoms with E-state index in [1.165, 1.54) is 6.92 Å². The molecule has 1 N–H and O–H groups in total. The quantitative estimate of drug-likeness (QED) is 0.631. The van der Waals surface area contributed by atoms with E-state index < -0.39 is 5.97 Å². The molecule has 1 saturated heterocycles. The number of rotatable bonds is 6. The normalized spacial score (nSPS) is 14.0. The molecule has 0 radical (unpaired) electrons. The van der Waals surface area contributed by atoms with Crippen LogP contribution in [0.4, 0.5) is 0 Å². The molecule has 1 aliphatic rings. The van der Waals surface area contributed by atoms with E-state index >= 15 is 0 Å². The second-order valence-electron chi connectivity index (χ2n) is 5.23. The number of benzene rings is 1. The highest BCUT2D eigenvalue weighted by atomic mass is 16.5. The van der Waals surface area contributed by atoms with Crippen LogP contribution < -0.4 is 5.32 Å². The number of likely N-dealkylation sites (tertiary alicyclic amines) is 1. The van der Waals surface area contributed by atoms with Crippen molar-refractivity contribution >= 4 is 17.8 Å². The Hall–Kier alpha value is -2.37. The van der Waals surface area contributed by atoms with Gasteiger partial charge < -0.3 is 15.0 Å². The molecule has 0 aliphatic carbocycles. The van der Waals surface area contributed by atoms with Crippen molar-refractivity contribution in [3.8, 4) is 0 Å². The van der Waals surface area contributed by atoms with Crippen molar-refractivity contribution in [1.29, 1.82) is 0 Å². The van der Waals surface area contributed by atoms with Crippen LogP contribution in [0, 0.1) is 0 Å². The molecule has 1 aliphatic heterocycles. The zero-order valence-electron chi connectivity index (χ0n) is 12.6. The Morgan fingerprint density at radius 3 is 2.59 bits per heavy atom. The Kier molecular flexibility index (Phi) is 5.52. The van der Waals surface area contributed by atoms with Crippen LogP contribution in [0.3, 0.4) is 0 Å². The summed E-state index contributed by atoms with van der Waals surface area (Å²) < 4.78 is 5.05. The van der Waals surface area contributed by atoms with Gasteiger partial charge in [0.05, 0.1) is 12.1 Å². The Bertz CT molecular complexity index is 554. The van der Waals surface area contributed by atoms with Crippen LogP contribution in [0.5, 0.6) is 0 Å². The molecule has 1 heterocycles. The molecular formula is C16H20N2O4. The van der Waals surface area contributed by atoms with E-state index in [-0.39, 0.29) is 18.4 Å². The van der Waals surface area contributed by atoms with E-state index in [2.05, 4.69) is 5.32 Å². The van der Waals surface area contributed by atoms with Crippen LogP contribution in [0.25, 0.3) is 0 Å². The van der Waals surface area contributed by atoms with Crippen LogP contribution in [0.2, 0.25) is 0 Å². The topological polar surface area (TPSA) is 75.7 Å². The summed E-state index contributed by atoms with van der Waals surface area (Å²) in [5.74, 6) is -0.396. The first-order chi connectivity index (χ1) is 10.6. The van der Waals surface area contributed by atoms with Gasteiger partial charge in [-0.1, -0.05) is 12.1 Å². The summed E-state index contributed by atoms with van der Waals surface area (Å²) in [4.78, 5) is 35.9. The van der Waals surface area contributed by atoms with Crippen molar-refractivity contribution < 1.29 is 19.1 Å². The minimum atomic E-state index is -0.422. The zero-order valence-corrected chi connectivity index (χ0v) is 12.6. The second-order valence-corrected chi connectivity index (χ2v) is 5.23. The zero-order chi connectivity index (χ0) is 15.9. The predicted molar refractivity (Wildman–Crippen MR) is 80.1 cm³/mol. The first kappa shape index (κ1) is 16.0. The summed E-state index contributed by atoms with van der Waals surface area (Å²) in [7, 11) is 0. The van der Waals surface area contributed by atoms with Gasteiger partial charge in [-0.15, -0.1) is 0 Å². The molecule has 0 bridgehead atoms. The lowest BCUT2D eigenvalue weighted by Crippen LogP contribution is -2.25. The molecule has 0 saturated carbocycles. The van der Waals surface area contributed by atoms with Gasteiger partial charge in [-0.2, -0.15) is 0 Å². The molecule has 0 aromatic heterocycles. The van der Waals surface area contributed by atoms with E-state index in [0.717, 1.165) is 18.5 Å². The number of ether oxygens (including phenoxy) is 1. The van der Waals surface area contributed by atoms with Crippen molar-refractivity contribution in [3.05, 3.63) is 35.4 Å². The van der Waals surface area contributed by atoms with Gasteiger partial charge in [0.2, 0.25) is 11.8 Å². The highest BCUT2D eigenvalue weighted by Gasteiger charge is 2.20. The van der Waals surface area contributed by atoms with Gasteiger partial charge in [-0.05, 0) is 24.1 Å². The van der Waals surface area contributed by atoms with Gasteiger partial charge in [-0.25, -0.2) is 4.79 Å². The first-order valence-electron chi connectivity index (χ1n) is 7.34. The number of carbonyl (C=O) groups excluding carboxylic acids is 3. The standard InChI is InChI=1S/C16H20N2O4/c1-12(19)17-8-10-22-16(21)14-6-4-13(5-7-14)11-18-9-2-3-15(18)20/h4-7H,2-3,8-11H2,1H3,(H,17,19). The molecule has 118 valence electrons. The SMILES string of the molecule is CC(=O)NCCOC(=O)c1ccc(CN2CCCC2=O)cc1. The van der Waals surface area contributed by atoms with Crippen LogP contribution in [0.15, 0.2) is 24.3 Å². The number of hydrogen-bond acceptors (Lipinski definition) is 4. The third kappa shape index (κ3) is 4.58. The fourth-order valence-electron chi connectivity index (χ4n) is 2.29. The van der Waals surface area contributed by atoms with Gasteiger partial charge in [0.1, 0.15) is 6.61 Å². The minimum absolute atomic E-state index is 0.141. The Morgan fingerprint density at radius 1 is 1.27 bits per heavy atom. The van der Waals surface area contributed by atoms with Gasteiger partial charge >= 0.3 is 5.97 Å². The summed E-state index contributed by atoms with van der Waals surface area (Å²) in [5, 5.41) is 2.55. The third-order valence-corrected chi connectivity index (χ3v) is 3.44. The van der Waals surface area contributed by atoms with Crippen molar-refractivity contribution in [1.82, 2.24) is 10.2 Å². The maximum Gasteiger partial charge on any atom is 0.338 e. The number of hydrogen-bond donors (Lipinski definition) is 1. The molecule has 1 aromatic rings. The lowest BCUT2D eigenvalue weighted by atomic mass is 10.1. The van der Waals surface area contributed by atoms with Crippen LogP contribution >= 0.6 is 0 Å². The fraction of sp³-hybridized carbons (Fsp3) is 0.438. The van der Waals surface area contributed by atoms with Crippen molar-refractivity contribution in [2.75, 3.05) is 19.7 Å². The molecule has 0 atom stereocenters. The van der Waals surface area contributed by atoms with Gasteiger partial charge in [0, 0.05) is 26.4 Å². The third-order valence-electron chi connectivity index (χ3n) is 3.44. The van der Waals surface area contributed by atoms with Crippen molar-refractivity contribution in [2.45, 2.75) is 26.3 Å². The summed E-state index contributed by atoms with van der Waals surface area (Å²) in [6.07, 6.45) is 1.54. The highest BCUT2D eigenvalue weighted by Crippen LogP contribution is 2.15. The molecule has 6 heteroatoms. The fourth-order valence-corrected chi connectivity index (χ4v) is 2.29. The maximum absolute atomic E-state index is 11.8. The summed E-state index contributed by atoms with van der Waals surface area (Å²) in [5.41, 5.74) is 1.45. The number of nitrogens with one attached hydrogen (secondary N) is 1. The Labute approximate surface area is 129 Å². The predicted octanol–water partition coefficient (Wildman–Crippen LogP) is 1.10. The molecule has 1 aromatic carbocycles. The maximum atomic E-state index is 11.8. The number of amides is 2.